The molecule has 1 aliphatic heterocycles. The number of nitrogens with zero attached hydrogens (tertiary/aromatic N) is 2. The van der Waals surface area contributed by atoms with E-state index >= 15 is 0 Å². The van der Waals surface area contributed by atoms with E-state index in [2.05, 4.69) is 16.2 Å². The quantitative estimate of drug-likeness (QED) is 0.724. The molecule has 1 N–H and O–H groups in total. The lowest BCUT2D eigenvalue weighted by molar-refractivity contribution is -0.116. The first kappa shape index (κ1) is 16.9. The summed E-state index contributed by atoms with van der Waals surface area (Å²) in [5.74, 6) is 3.12. The molecule has 6 heteroatoms. The number of amides is 1. The van der Waals surface area contributed by atoms with Gasteiger partial charge in [-0.1, -0.05) is 18.1 Å². The Kier molecular flexibility index (Phi) is 4.35. The van der Waals surface area contributed by atoms with Gasteiger partial charge in [0.25, 0.3) is 0 Å². The number of rotatable bonds is 4. The fourth-order valence-electron chi connectivity index (χ4n) is 3.20. The van der Waals surface area contributed by atoms with E-state index in [0.717, 1.165) is 16.9 Å². The lowest BCUT2D eigenvalue weighted by Crippen LogP contribution is -2.24. The maximum absolute atomic E-state index is 13.2. The van der Waals surface area contributed by atoms with Gasteiger partial charge >= 0.3 is 0 Å². The summed E-state index contributed by atoms with van der Waals surface area (Å²) in [6.07, 6.45) is 7.14. The Hall–Kier alpha value is -3.59. The van der Waals surface area contributed by atoms with Gasteiger partial charge in [0.15, 0.2) is 0 Å². The molecule has 5 nitrogen and oxygen atoms in total. The fourth-order valence-corrected chi connectivity index (χ4v) is 3.20. The average molecular weight is 361 g/mol. The van der Waals surface area contributed by atoms with Gasteiger partial charge in [0, 0.05) is 18.0 Å². The number of carbonyl (C=O) groups is 1. The zero-order valence-electron chi connectivity index (χ0n) is 14.4. The number of benzene rings is 2. The van der Waals surface area contributed by atoms with Crippen LogP contribution in [0.25, 0.3) is 5.69 Å². The smallest absolute Gasteiger partial charge is 0.226 e. The molecule has 0 radical (unpaired) electrons. The molecule has 0 fully saturated rings. The Morgan fingerprint density at radius 3 is 2.67 bits per heavy atom. The molecule has 0 unspecified atom stereocenters. The molecule has 2 heterocycles. The number of anilines is 1. The second kappa shape index (κ2) is 6.96. The summed E-state index contributed by atoms with van der Waals surface area (Å²) < 4.78 is 20.4. The number of fused-ring (bicyclic) bond motifs is 1. The largest absolute Gasteiger partial charge is 0.481 e. The minimum absolute atomic E-state index is 0.0935. The van der Waals surface area contributed by atoms with Crippen LogP contribution in [-0.2, 0) is 4.79 Å². The Labute approximate surface area is 155 Å². The molecule has 0 aliphatic carbocycles. The molecule has 0 bridgehead atoms. The van der Waals surface area contributed by atoms with Crippen molar-refractivity contribution in [3.63, 3.8) is 0 Å². The number of halogens is 1. The molecule has 4 rings (SSSR count). The summed E-state index contributed by atoms with van der Waals surface area (Å²) in [7, 11) is 0. The monoisotopic (exact) mass is 361 g/mol. The van der Waals surface area contributed by atoms with Gasteiger partial charge in [-0.05, 0) is 42.0 Å². The van der Waals surface area contributed by atoms with Gasteiger partial charge < -0.3 is 10.1 Å². The van der Waals surface area contributed by atoms with E-state index < -0.39 is 0 Å². The summed E-state index contributed by atoms with van der Waals surface area (Å²) in [6.45, 7) is 0.206. The number of nitrogens with one attached hydrogen (secondary N) is 1. The third-order valence-electron chi connectivity index (χ3n) is 4.48. The summed E-state index contributed by atoms with van der Waals surface area (Å²) in [5.41, 5.74) is 2.46. The SMILES string of the molecule is C#CCOc1ccc([C@@H]2CC(=O)Nc3c2ncn3-c2ccc(F)cc2)cc1. The molecular formula is C21H16FN3O2. The first-order chi connectivity index (χ1) is 13.2. The highest BCUT2D eigenvalue weighted by Crippen LogP contribution is 2.37. The van der Waals surface area contributed by atoms with E-state index in [1.54, 1.807) is 23.0 Å². The number of carbonyl (C=O) groups excluding carboxylic acids is 1. The van der Waals surface area contributed by atoms with Crippen LogP contribution in [0, 0.1) is 18.2 Å². The maximum atomic E-state index is 13.2. The predicted octanol–water partition coefficient (Wildman–Crippen LogP) is 3.50. The van der Waals surface area contributed by atoms with Crippen LogP contribution < -0.4 is 10.1 Å². The number of aromatic nitrogens is 2. The average Bonchev–Trinajstić information content (AvgIpc) is 3.10. The van der Waals surface area contributed by atoms with Crippen LogP contribution in [0.15, 0.2) is 54.9 Å². The van der Waals surface area contributed by atoms with Crippen molar-refractivity contribution in [1.82, 2.24) is 9.55 Å². The van der Waals surface area contributed by atoms with Crippen molar-refractivity contribution in [1.29, 1.82) is 0 Å². The molecule has 1 atom stereocenters. The second-order valence-electron chi connectivity index (χ2n) is 6.19. The lowest BCUT2D eigenvalue weighted by atomic mass is 9.90. The number of terminal acetylenes is 1. The first-order valence-corrected chi connectivity index (χ1v) is 8.45. The van der Waals surface area contributed by atoms with Crippen LogP contribution in [0.2, 0.25) is 0 Å². The molecule has 0 saturated carbocycles. The number of imidazole rings is 1. The maximum Gasteiger partial charge on any atom is 0.226 e. The predicted molar refractivity (Wildman–Crippen MR) is 99.4 cm³/mol. The number of ether oxygens (including phenoxy) is 1. The standard InChI is InChI=1S/C21H16FN3O2/c1-2-11-27-17-9-3-14(4-10-17)18-12-19(26)24-21-20(18)23-13-25(21)16-7-5-15(22)6-8-16/h1,3-10,13,18H,11-12H2,(H,24,26)/t18-/m0/s1. The lowest BCUT2D eigenvalue weighted by Gasteiger charge is -2.23. The first-order valence-electron chi connectivity index (χ1n) is 8.45. The normalized spacial score (nSPS) is 15.6. The Bertz CT molecular complexity index is 1020. The fraction of sp³-hybridized carbons (Fsp3) is 0.143. The molecule has 0 saturated heterocycles. The number of hydrogen-bond donors (Lipinski definition) is 1. The van der Waals surface area contributed by atoms with E-state index in [9.17, 15) is 9.18 Å². The van der Waals surface area contributed by atoms with E-state index in [1.165, 1.54) is 12.1 Å². The molecule has 1 amide bonds. The number of hydrogen-bond acceptors (Lipinski definition) is 3. The van der Waals surface area contributed by atoms with Crippen molar-refractivity contribution in [3.8, 4) is 23.8 Å². The van der Waals surface area contributed by atoms with Crippen LogP contribution in [0.3, 0.4) is 0 Å². The van der Waals surface area contributed by atoms with Gasteiger partial charge in [0.2, 0.25) is 5.91 Å². The summed E-state index contributed by atoms with van der Waals surface area (Å²) in [6, 6.07) is 13.5. The highest BCUT2D eigenvalue weighted by Gasteiger charge is 2.31. The molecule has 1 aliphatic rings. The summed E-state index contributed by atoms with van der Waals surface area (Å²) in [5, 5.41) is 2.88. The molecule has 27 heavy (non-hydrogen) atoms. The van der Waals surface area contributed by atoms with E-state index in [4.69, 9.17) is 11.2 Å². The Balaban J connectivity index is 1.69. The van der Waals surface area contributed by atoms with Crippen molar-refractivity contribution in [3.05, 3.63) is 71.9 Å². The van der Waals surface area contributed by atoms with Crippen LogP contribution in [0.1, 0.15) is 23.6 Å². The third-order valence-corrected chi connectivity index (χ3v) is 4.48. The van der Waals surface area contributed by atoms with Crippen LogP contribution in [0.4, 0.5) is 10.2 Å². The molecule has 1 aromatic heterocycles. The summed E-state index contributed by atoms with van der Waals surface area (Å²) in [4.78, 5) is 16.8. The Morgan fingerprint density at radius 1 is 1.22 bits per heavy atom. The van der Waals surface area contributed by atoms with Crippen molar-refractivity contribution in [2.24, 2.45) is 0 Å². The topological polar surface area (TPSA) is 56.1 Å². The van der Waals surface area contributed by atoms with Crippen LogP contribution in [-0.4, -0.2) is 22.1 Å². The molecule has 2 aromatic carbocycles. The van der Waals surface area contributed by atoms with Gasteiger partial charge in [-0.3, -0.25) is 9.36 Å². The zero-order chi connectivity index (χ0) is 18.8. The highest BCUT2D eigenvalue weighted by molar-refractivity contribution is 5.94. The second-order valence-corrected chi connectivity index (χ2v) is 6.19. The zero-order valence-corrected chi connectivity index (χ0v) is 14.4. The molecular weight excluding hydrogens is 345 g/mol. The molecule has 0 spiro atoms. The van der Waals surface area contributed by atoms with E-state index in [0.29, 0.717) is 18.0 Å². The van der Waals surface area contributed by atoms with Gasteiger partial charge in [-0.15, -0.1) is 6.42 Å². The van der Waals surface area contributed by atoms with E-state index in [1.807, 2.05) is 24.3 Å². The molecule has 3 aromatic rings. The minimum atomic E-state index is -0.318. The Morgan fingerprint density at radius 2 is 1.96 bits per heavy atom. The van der Waals surface area contributed by atoms with Crippen LogP contribution in [0.5, 0.6) is 5.75 Å². The van der Waals surface area contributed by atoms with Gasteiger partial charge in [0.05, 0.1) is 5.69 Å². The van der Waals surface area contributed by atoms with Crippen molar-refractivity contribution >= 4 is 11.7 Å². The van der Waals surface area contributed by atoms with Gasteiger partial charge in [-0.25, -0.2) is 9.37 Å². The van der Waals surface area contributed by atoms with E-state index in [-0.39, 0.29) is 24.2 Å². The van der Waals surface area contributed by atoms with Crippen molar-refractivity contribution in [2.45, 2.75) is 12.3 Å². The molecule has 134 valence electrons. The van der Waals surface area contributed by atoms with Gasteiger partial charge in [0.1, 0.15) is 30.3 Å². The third kappa shape index (κ3) is 3.27. The van der Waals surface area contributed by atoms with Crippen molar-refractivity contribution in [2.75, 3.05) is 11.9 Å². The highest BCUT2D eigenvalue weighted by atomic mass is 19.1. The summed E-state index contributed by atoms with van der Waals surface area (Å²) >= 11 is 0. The minimum Gasteiger partial charge on any atom is -0.481 e. The van der Waals surface area contributed by atoms with Crippen LogP contribution >= 0.6 is 0 Å². The van der Waals surface area contributed by atoms with Crippen molar-refractivity contribution < 1.29 is 13.9 Å². The van der Waals surface area contributed by atoms with Gasteiger partial charge in [-0.2, -0.15) is 0 Å².